The highest BCUT2D eigenvalue weighted by molar-refractivity contribution is 9.10. The Labute approximate surface area is 185 Å². The molecule has 0 aliphatic carbocycles. The number of hydrogen-bond donors (Lipinski definition) is 1. The second-order valence-electron chi connectivity index (χ2n) is 6.45. The lowest BCUT2D eigenvalue weighted by Crippen LogP contribution is -2.42. The largest absolute Gasteiger partial charge is 0.510 e. The summed E-state index contributed by atoms with van der Waals surface area (Å²) in [6.07, 6.45) is 2.63. The summed E-state index contributed by atoms with van der Waals surface area (Å²) < 4.78 is 11.1. The van der Waals surface area contributed by atoms with E-state index in [9.17, 15) is 14.9 Å². The van der Waals surface area contributed by atoms with Crippen molar-refractivity contribution in [3.8, 4) is 0 Å². The summed E-state index contributed by atoms with van der Waals surface area (Å²) in [5, 5.41) is 12.4. The van der Waals surface area contributed by atoms with Gasteiger partial charge < -0.3 is 24.5 Å². The van der Waals surface area contributed by atoms with Crippen LogP contribution in [0.3, 0.4) is 0 Å². The minimum Gasteiger partial charge on any atom is -0.434 e. The minimum absolute atomic E-state index is 0.0446. The number of anilines is 1. The van der Waals surface area contributed by atoms with E-state index in [1.54, 1.807) is 24.2 Å². The Kier molecular flexibility index (Phi) is 7.76. The van der Waals surface area contributed by atoms with Gasteiger partial charge in [-0.1, -0.05) is 0 Å². The van der Waals surface area contributed by atoms with Gasteiger partial charge in [0, 0.05) is 18.9 Å². The summed E-state index contributed by atoms with van der Waals surface area (Å²) in [7, 11) is 0. The van der Waals surface area contributed by atoms with E-state index in [1.807, 2.05) is 12.1 Å². The molecule has 1 N–H and O–H groups in total. The van der Waals surface area contributed by atoms with E-state index >= 15 is 0 Å². The third-order valence-electron chi connectivity index (χ3n) is 4.36. The van der Waals surface area contributed by atoms with Crippen LogP contribution in [0.25, 0.3) is 11.0 Å². The number of aromatic nitrogens is 2. The Bertz CT molecular complexity index is 974. The van der Waals surface area contributed by atoms with Gasteiger partial charge in [-0.2, -0.15) is 0 Å². The summed E-state index contributed by atoms with van der Waals surface area (Å²) in [6, 6.07) is 3.71. The smallest absolute Gasteiger partial charge is 0.434 e. The average Bonchev–Trinajstić information content (AvgIpc) is 3.21. The number of aliphatic imine (C=N–C) groups is 1. The molecule has 0 radical (unpaired) electrons. The molecule has 1 unspecified atom stereocenters. The monoisotopic (exact) mass is 496 g/mol. The van der Waals surface area contributed by atoms with Crippen molar-refractivity contribution in [2.24, 2.45) is 4.99 Å². The molecule has 1 aliphatic rings. The molecule has 2 heterocycles. The first-order valence-electron chi connectivity index (χ1n) is 9.53. The first-order chi connectivity index (χ1) is 15.0. The maximum atomic E-state index is 11.9. The van der Waals surface area contributed by atoms with Crippen LogP contribution in [0.5, 0.6) is 0 Å². The molecule has 0 saturated carbocycles. The van der Waals surface area contributed by atoms with Gasteiger partial charge in [0.25, 0.3) is 5.09 Å². The van der Waals surface area contributed by atoms with Crippen molar-refractivity contribution in [2.75, 3.05) is 31.6 Å². The number of ether oxygens (including phenoxy) is 2. The maximum absolute atomic E-state index is 11.9. The van der Waals surface area contributed by atoms with Gasteiger partial charge in [0.05, 0.1) is 35.4 Å². The van der Waals surface area contributed by atoms with E-state index in [1.165, 1.54) is 0 Å². The molecular formula is C18H21BrN6O6. The van der Waals surface area contributed by atoms with Gasteiger partial charge in [0.15, 0.2) is 6.23 Å². The number of rotatable bonds is 9. The Balaban J connectivity index is 1.50. The van der Waals surface area contributed by atoms with Gasteiger partial charge >= 0.3 is 6.16 Å². The van der Waals surface area contributed by atoms with Gasteiger partial charge in [-0.15, -0.1) is 10.1 Å². The predicted octanol–water partition coefficient (Wildman–Crippen LogP) is 2.96. The van der Waals surface area contributed by atoms with Crippen molar-refractivity contribution in [1.29, 1.82) is 0 Å². The topological polar surface area (TPSA) is 141 Å². The highest BCUT2D eigenvalue weighted by Gasteiger charge is 2.26. The fraction of sp³-hybridized carbons (Fsp3) is 0.444. The van der Waals surface area contributed by atoms with E-state index in [0.29, 0.717) is 37.4 Å². The van der Waals surface area contributed by atoms with Crippen LogP contribution in [0.4, 0.5) is 10.5 Å². The summed E-state index contributed by atoms with van der Waals surface area (Å²) >= 11 is 3.55. The molecule has 0 fully saturated rings. The second-order valence-corrected chi connectivity index (χ2v) is 7.25. The van der Waals surface area contributed by atoms with E-state index in [0.717, 1.165) is 15.7 Å². The zero-order valence-corrected chi connectivity index (χ0v) is 18.3. The van der Waals surface area contributed by atoms with Crippen molar-refractivity contribution in [1.82, 2.24) is 14.9 Å². The predicted molar refractivity (Wildman–Crippen MR) is 114 cm³/mol. The minimum atomic E-state index is -0.857. The van der Waals surface area contributed by atoms with Crippen LogP contribution in [0.15, 0.2) is 34.0 Å². The normalized spacial score (nSPS) is 14.1. The molecule has 0 bridgehead atoms. The van der Waals surface area contributed by atoms with Gasteiger partial charge in [-0.05, 0) is 47.8 Å². The number of hydrogen-bond acceptors (Lipinski definition) is 11. The molecule has 12 nitrogen and oxygen atoms in total. The molecule has 0 saturated heterocycles. The zero-order valence-electron chi connectivity index (χ0n) is 16.7. The molecule has 13 heteroatoms. The fourth-order valence-corrected chi connectivity index (χ4v) is 3.42. The quantitative estimate of drug-likeness (QED) is 0.238. The molecule has 2 aromatic rings. The van der Waals surface area contributed by atoms with Crippen LogP contribution in [0.2, 0.25) is 0 Å². The van der Waals surface area contributed by atoms with Crippen molar-refractivity contribution in [3.63, 3.8) is 0 Å². The Morgan fingerprint density at radius 1 is 1.32 bits per heavy atom. The van der Waals surface area contributed by atoms with Crippen LogP contribution in [-0.2, 0) is 14.3 Å². The van der Waals surface area contributed by atoms with Crippen molar-refractivity contribution in [2.45, 2.75) is 26.0 Å². The zero-order chi connectivity index (χ0) is 22.2. The first-order valence-corrected chi connectivity index (χ1v) is 10.3. The number of nitrogens with zero attached hydrogens (tertiary/aromatic N) is 5. The SMILES string of the molecule is CC(OC(=O)OCCCCO[N+](=O)[O-])N1CCN=C1Nc1ccc2nccnc2c1Br. The molecule has 1 aromatic heterocycles. The number of fused-ring (bicyclic) bond motifs is 1. The average molecular weight is 497 g/mol. The summed E-state index contributed by atoms with van der Waals surface area (Å²) in [5.41, 5.74) is 2.23. The van der Waals surface area contributed by atoms with Crippen LogP contribution in [0, 0.1) is 10.1 Å². The third kappa shape index (κ3) is 6.13. The van der Waals surface area contributed by atoms with Gasteiger partial charge in [0.2, 0.25) is 5.96 Å². The maximum Gasteiger partial charge on any atom is 0.510 e. The number of carbonyl (C=O) groups excluding carboxylic acids is 1. The van der Waals surface area contributed by atoms with Crippen LogP contribution < -0.4 is 5.32 Å². The second kappa shape index (κ2) is 10.7. The fourth-order valence-electron chi connectivity index (χ4n) is 2.88. The van der Waals surface area contributed by atoms with Crippen molar-refractivity contribution >= 4 is 44.8 Å². The van der Waals surface area contributed by atoms with Gasteiger partial charge in [-0.25, -0.2) is 4.79 Å². The molecule has 0 spiro atoms. The summed E-state index contributed by atoms with van der Waals surface area (Å²) in [5.74, 6) is 0.557. The third-order valence-corrected chi connectivity index (χ3v) is 5.16. The number of unbranched alkanes of at least 4 members (excludes halogenated alkanes) is 1. The highest BCUT2D eigenvalue weighted by Crippen LogP contribution is 2.29. The Hall–Kier alpha value is -3.22. The van der Waals surface area contributed by atoms with Crippen molar-refractivity contribution < 1.29 is 24.2 Å². The number of halogens is 1. The van der Waals surface area contributed by atoms with E-state index in [-0.39, 0.29) is 13.2 Å². The van der Waals surface area contributed by atoms with Gasteiger partial charge in [0.1, 0.15) is 5.52 Å². The Morgan fingerprint density at radius 3 is 2.90 bits per heavy atom. The molecule has 1 aromatic carbocycles. The number of nitrogens with one attached hydrogen (secondary N) is 1. The summed E-state index contributed by atoms with van der Waals surface area (Å²) in [4.78, 5) is 41.0. The van der Waals surface area contributed by atoms with Gasteiger partial charge in [-0.3, -0.25) is 15.0 Å². The molecule has 166 valence electrons. The number of benzene rings is 1. The van der Waals surface area contributed by atoms with E-state index < -0.39 is 17.5 Å². The lowest BCUT2D eigenvalue weighted by atomic mass is 10.2. The van der Waals surface area contributed by atoms with Crippen LogP contribution in [-0.4, -0.2) is 64.6 Å². The van der Waals surface area contributed by atoms with E-state index in [2.05, 4.69) is 41.0 Å². The Morgan fingerprint density at radius 2 is 2.10 bits per heavy atom. The van der Waals surface area contributed by atoms with Crippen LogP contribution >= 0.6 is 15.9 Å². The molecule has 0 amide bonds. The molecule has 31 heavy (non-hydrogen) atoms. The van der Waals surface area contributed by atoms with E-state index in [4.69, 9.17) is 9.47 Å². The highest BCUT2D eigenvalue weighted by atomic mass is 79.9. The lowest BCUT2D eigenvalue weighted by Gasteiger charge is -2.27. The lowest BCUT2D eigenvalue weighted by molar-refractivity contribution is -0.757. The molecule has 1 atom stereocenters. The summed E-state index contributed by atoms with van der Waals surface area (Å²) in [6.45, 7) is 2.87. The molecule has 1 aliphatic heterocycles. The molecular weight excluding hydrogens is 476 g/mol. The van der Waals surface area contributed by atoms with Crippen molar-refractivity contribution in [3.05, 3.63) is 39.1 Å². The first kappa shape index (κ1) is 22.5. The number of carbonyl (C=O) groups is 1. The molecule has 3 rings (SSSR count). The standard InChI is InChI=1S/C18H21BrN6O6/c1-12(31-18(26)29-10-2-3-11-30-25(27)28)24-9-8-22-17(24)23-13-4-5-14-16(15(13)19)21-7-6-20-14/h4-7,12H,2-3,8-11H2,1H3,(H,22,23). The van der Waals surface area contributed by atoms with Crippen LogP contribution in [0.1, 0.15) is 19.8 Å². The number of guanidine groups is 1.